The van der Waals surface area contributed by atoms with E-state index < -0.39 is 11.8 Å². The number of carbonyl (C=O) groups is 1. The number of benzene rings is 1. The molecule has 0 aliphatic carbocycles. The van der Waals surface area contributed by atoms with Gasteiger partial charge in [-0.25, -0.2) is 9.18 Å². The largest absolute Gasteiger partial charge is 0.477 e. The monoisotopic (exact) mass is 257 g/mol. The molecule has 2 aromatic rings. The molecule has 1 heterocycles. The summed E-state index contributed by atoms with van der Waals surface area (Å²) in [6, 6.07) is 4.20. The van der Waals surface area contributed by atoms with E-state index in [2.05, 4.69) is 20.9 Å². The molecule has 0 bridgehead atoms. The van der Waals surface area contributed by atoms with E-state index in [4.69, 9.17) is 5.11 Å². The number of halogens is 2. The SMILES string of the molecule is O=C(O)c1cc2c(F)cc(Br)cc2[nH]1. The quantitative estimate of drug-likeness (QED) is 0.826. The standard InChI is InChI=1S/C9H5BrFNO2/c10-4-1-6(11)5-3-8(9(13)14)12-7(5)2-4/h1-3,12H,(H,13,14). The molecule has 0 unspecified atom stereocenters. The molecule has 5 heteroatoms. The summed E-state index contributed by atoms with van der Waals surface area (Å²) < 4.78 is 13.9. The van der Waals surface area contributed by atoms with Crippen LogP contribution in [0.15, 0.2) is 22.7 Å². The number of carboxylic acid groups (broad SMARTS) is 1. The van der Waals surface area contributed by atoms with Crippen molar-refractivity contribution in [3.63, 3.8) is 0 Å². The van der Waals surface area contributed by atoms with Gasteiger partial charge >= 0.3 is 5.97 Å². The van der Waals surface area contributed by atoms with E-state index in [9.17, 15) is 9.18 Å². The third kappa shape index (κ3) is 1.39. The second kappa shape index (κ2) is 3.09. The van der Waals surface area contributed by atoms with Crippen LogP contribution in [0.1, 0.15) is 10.5 Å². The molecule has 72 valence electrons. The number of carboxylic acids is 1. The van der Waals surface area contributed by atoms with Gasteiger partial charge in [-0.15, -0.1) is 0 Å². The minimum atomic E-state index is -1.10. The van der Waals surface area contributed by atoms with Crippen molar-refractivity contribution < 1.29 is 14.3 Å². The van der Waals surface area contributed by atoms with Gasteiger partial charge in [0.05, 0.1) is 5.52 Å². The molecule has 2 rings (SSSR count). The van der Waals surface area contributed by atoms with E-state index in [1.165, 1.54) is 12.1 Å². The van der Waals surface area contributed by atoms with Gasteiger partial charge in [0.2, 0.25) is 0 Å². The van der Waals surface area contributed by atoms with Gasteiger partial charge in [-0.3, -0.25) is 0 Å². The molecule has 0 atom stereocenters. The number of hydrogen-bond donors (Lipinski definition) is 2. The number of aromatic nitrogens is 1. The Bertz CT molecular complexity index is 521. The van der Waals surface area contributed by atoms with Gasteiger partial charge < -0.3 is 10.1 Å². The van der Waals surface area contributed by atoms with Gasteiger partial charge in [-0.2, -0.15) is 0 Å². The number of hydrogen-bond acceptors (Lipinski definition) is 1. The van der Waals surface area contributed by atoms with Crippen molar-refractivity contribution in [3.8, 4) is 0 Å². The summed E-state index contributed by atoms with van der Waals surface area (Å²) in [7, 11) is 0. The van der Waals surface area contributed by atoms with Crippen LogP contribution < -0.4 is 0 Å². The topological polar surface area (TPSA) is 53.1 Å². The Hall–Kier alpha value is -1.36. The molecule has 1 aromatic heterocycles. The highest BCUT2D eigenvalue weighted by molar-refractivity contribution is 9.10. The molecule has 0 saturated heterocycles. The first-order valence-electron chi connectivity index (χ1n) is 3.79. The van der Waals surface area contributed by atoms with E-state index >= 15 is 0 Å². The number of rotatable bonds is 1. The summed E-state index contributed by atoms with van der Waals surface area (Å²) >= 11 is 3.12. The maximum absolute atomic E-state index is 13.3. The van der Waals surface area contributed by atoms with Gasteiger partial charge in [-0.05, 0) is 18.2 Å². The third-order valence-electron chi connectivity index (χ3n) is 1.88. The Morgan fingerprint density at radius 1 is 1.43 bits per heavy atom. The van der Waals surface area contributed by atoms with Gasteiger partial charge in [0.25, 0.3) is 0 Å². The highest BCUT2D eigenvalue weighted by atomic mass is 79.9. The lowest BCUT2D eigenvalue weighted by Gasteiger charge is -1.93. The van der Waals surface area contributed by atoms with Gasteiger partial charge in [0.1, 0.15) is 11.5 Å². The maximum Gasteiger partial charge on any atom is 0.352 e. The average molecular weight is 258 g/mol. The van der Waals surface area contributed by atoms with E-state index in [0.717, 1.165) is 0 Å². The summed E-state index contributed by atoms with van der Waals surface area (Å²) in [4.78, 5) is 13.2. The first-order valence-corrected chi connectivity index (χ1v) is 4.58. The first-order chi connectivity index (χ1) is 6.58. The highest BCUT2D eigenvalue weighted by Crippen LogP contribution is 2.23. The normalized spacial score (nSPS) is 10.7. The lowest BCUT2D eigenvalue weighted by Crippen LogP contribution is -1.94. The van der Waals surface area contributed by atoms with E-state index in [0.29, 0.717) is 9.99 Å². The minimum absolute atomic E-state index is 0.0167. The number of fused-ring (bicyclic) bond motifs is 1. The molecule has 0 fully saturated rings. The number of aromatic carboxylic acids is 1. The van der Waals surface area contributed by atoms with Crippen LogP contribution in [0.25, 0.3) is 10.9 Å². The second-order valence-corrected chi connectivity index (χ2v) is 3.75. The van der Waals surface area contributed by atoms with Crippen molar-refractivity contribution in [1.29, 1.82) is 0 Å². The lowest BCUT2D eigenvalue weighted by atomic mass is 10.2. The van der Waals surface area contributed by atoms with Crippen LogP contribution in [-0.2, 0) is 0 Å². The van der Waals surface area contributed by atoms with Crippen molar-refractivity contribution >= 4 is 32.8 Å². The molecule has 0 aliphatic rings. The summed E-state index contributed by atoms with van der Waals surface area (Å²) in [5.74, 6) is -1.55. The Morgan fingerprint density at radius 3 is 2.79 bits per heavy atom. The van der Waals surface area contributed by atoms with Gasteiger partial charge in [-0.1, -0.05) is 15.9 Å². The number of nitrogens with one attached hydrogen (secondary N) is 1. The van der Waals surface area contributed by atoms with Crippen LogP contribution >= 0.6 is 15.9 Å². The molecule has 2 N–H and O–H groups in total. The fourth-order valence-electron chi connectivity index (χ4n) is 1.28. The Balaban J connectivity index is 2.76. The van der Waals surface area contributed by atoms with Crippen LogP contribution in [0.3, 0.4) is 0 Å². The zero-order valence-corrected chi connectivity index (χ0v) is 8.43. The van der Waals surface area contributed by atoms with E-state index in [1.54, 1.807) is 6.07 Å². The summed E-state index contributed by atoms with van der Waals surface area (Å²) in [5.41, 5.74) is 0.450. The van der Waals surface area contributed by atoms with E-state index in [1.807, 2.05) is 0 Å². The van der Waals surface area contributed by atoms with Crippen molar-refractivity contribution in [3.05, 3.63) is 34.2 Å². The molecule has 0 spiro atoms. The predicted molar refractivity (Wildman–Crippen MR) is 52.9 cm³/mol. The van der Waals surface area contributed by atoms with Gasteiger partial charge in [0.15, 0.2) is 0 Å². The molecule has 1 aromatic carbocycles. The highest BCUT2D eigenvalue weighted by Gasteiger charge is 2.10. The Kier molecular flexibility index (Phi) is 2.03. The Morgan fingerprint density at radius 2 is 2.14 bits per heavy atom. The third-order valence-corrected chi connectivity index (χ3v) is 2.34. The van der Waals surface area contributed by atoms with Crippen molar-refractivity contribution in [2.24, 2.45) is 0 Å². The summed E-state index contributed by atoms with van der Waals surface area (Å²) in [6.07, 6.45) is 0. The first kappa shape index (κ1) is 9.21. The molecular formula is C9H5BrFNO2. The van der Waals surface area contributed by atoms with Crippen LogP contribution in [0.2, 0.25) is 0 Å². The second-order valence-electron chi connectivity index (χ2n) is 2.84. The lowest BCUT2D eigenvalue weighted by molar-refractivity contribution is 0.0691. The molecule has 0 saturated carbocycles. The van der Waals surface area contributed by atoms with Crippen molar-refractivity contribution in [2.75, 3.05) is 0 Å². The van der Waals surface area contributed by atoms with Crippen molar-refractivity contribution in [1.82, 2.24) is 4.98 Å². The van der Waals surface area contributed by atoms with Crippen LogP contribution in [0.5, 0.6) is 0 Å². The number of H-pyrrole nitrogens is 1. The smallest absolute Gasteiger partial charge is 0.352 e. The van der Waals surface area contributed by atoms with E-state index in [-0.39, 0.29) is 11.1 Å². The van der Waals surface area contributed by atoms with Crippen LogP contribution in [0.4, 0.5) is 4.39 Å². The fourth-order valence-corrected chi connectivity index (χ4v) is 1.71. The minimum Gasteiger partial charge on any atom is -0.477 e. The van der Waals surface area contributed by atoms with Crippen LogP contribution in [-0.4, -0.2) is 16.1 Å². The molecule has 0 radical (unpaired) electrons. The summed E-state index contributed by atoms with van der Waals surface area (Å²) in [5, 5.41) is 8.96. The maximum atomic E-state index is 13.3. The predicted octanol–water partition coefficient (Wildman–Crippen LogP) is 2.77. The Labute approximate surface area is 86.7 Å². The fraction of sp³-hybridized carbons (Fsp3) is 0. The molecule has 0 aliphatic heterocycles. The molecular weight excluding hydrogens is 253 g/mol. The van der Waals surface area contributed by atoms with Gasteiger partial charge in [0, 0.05) is 9.86 Å². The zero-order valence-electron chi connectivity index (χ0n) is 6.84. The number of aromatic amines is 1. The average Bonchev–Trinajstić information content (AvgIpc) is 2.47. The van der Waals surface area contributed by atoms with Crippen LogP contribution in [0, 0.1) is 5.82 Å². The summed E-state index contributed by atoms with van der Waals surface area (Å²) in [6.45, 7) is 0. The zero-order chi connectivity index (χ0) is 10.3. The van der Waals surface area contributed by atoms with Crippen molar-refractivity contribution in [2.45, 2.75) is 0 Å². The molecule has 3 nitrogen and oxygen atoms in total. The molecule has 0 amide bonds. The molecule has 14 heavy (non-hydrogen) atoms.